The summed E-state index contributed by atoms with van der Waals surface area (Å²) in [6, 6.07) is 2.47. The van der Waals surface area contributed by atoms with Gasteiger partial charge in [0, 0.05) is 25.5 Å². The van der Waals surface area contributed by atoms with Crippen LogP contribution in [0.1, 0.15) is 25.7 Å². The minimum atomic E-state index is 0.263. The number of alkyl halides is 1. The average Bonchev–Trinajstić information content (AvgIpc) is 2.29. The van der Waals surface area contributed by atoms with Gasteiger partial charge in [0.2, 0.25) is 0 Å². The summed E-state index contributed by atoms with van der Waals surface area (Å²) in [6.45, 7) is 0. The number of anilines is 1. The molecule has 1 fully saturated rings. The van der Waals surface area contributed by atoms with E-state index in [-0.39, 0.29) is 5.38 Å². The molecule has 16 heavy (non-hydrogen) atoms. The Morgan fingerprint density at radius 3 is 2.88 bits per heavy atom. The highest BCUT2D eigenvalue weighted by Gasteiger charge is 2.27. The first-order valence-corrected chi connectivity index (χ1v) is 6.89. The Labute approximate surface area is 110 Å². The summed E-state index contributed by atoms with van der Waals surface area (Å²) in [5.41, 5.74) is 1.17. The predicted octanol–water partition coefficient (Wildman–Crippen LogP) is 3.83. The van der Waals surface area contributed by atoms with Gasteiger partial charge in [0.1, 0.15) is 0 Å². The number of pyridine rings is 1. The standard InChI is InChI=1S/C12H16BrClN2/c1-16(11-6-7-15-8-9(11)13)12-5-3-2-4-10(12)14/h6-8,10,12H,2-5H2,1H3. The minimum Gasteiger partial charge on any atom is -0.369 e. The first kappa shape index (κ1) is 12.2. The second-order valence-electron chi connectivity index (χ2n) is 4.31. The van der Waals surface area contributed by atoms with E-state index in [4.69, 9.17) is 11.6 Å². The molecule has 1 heterocycles. The maximum atomic E-state index is 6.41. The molecule has 2 atom stereocenters. The van der Waals surface area contributed by atoms with Crippen LogP contribution in [0.5, 0.6) is 0 Å². The second kappa shape index (κ2) is 5.37. The fourth-order valence-corrected chi connectivity index (χ4v) is 3.31. The van der Waals surface area contributed by atoms with Gasteiger partial charge >= 0.3 is 0 Å². The van der Waals surface area contributed by atoms with E-state index in [9.17, 15) is 0 Å². The summed E-state index contributed by atoms with van der Waals surface area (Å²) >= 11 is 9.94. The molecule has 1 aliphatic rings. The van der Waals surface area contributed by atoms with Crippen molar-refractivity contribution in [3.63, 3.8) is 0 Å². The lowest BCUT2D eigenvalue weighted by molar-refractivity contribution is 0.434. The average molecular weight is 304 g/mol. The Bertz CT molecular complexity index is 359. The Hall–Kier alpha value is -0.280. The highest BCUT2D eigenvalue weighted by molar-refractivity contribution is 9.10. The lowest BCUT2D eigenvalue weighted by Gasteiger charge is -2.36. The van der Waals surface area contributed by atoms with Crippen LogP contribution < -0.4 is 4.90 Å². The first-order chi connectivity index (χ1) is 7.70. The summed E-state index contributed by atoms with van der Waals surface area (Å²) in [6.07, 6.45) is 8.50. The second-order valence-corrected chi connectivity index (χ2v) is 5.72. The van der Waals surface area contributed by atoms with Crippen LogP contribution in [-0.2, 0) is 0 Å². The highest BCUT2D eigenvalue weighted by Crippen LogP contribution is 2.32. The molecule has 2 unspecified atom stereocenters. The van der Waals surface area contributed by atoms with Crippen LogP contribution in [0.4, 0.5) is 5.69 Å². The molecular formula is C12H16BrClN2. The molecule has 0 N–H and O–H groups in total. The van der Waals surface area contributed by atoms with Gasteiger partial charge in [0.15, 0.2) is 0 Å². The summed E-state index contributed by atoms with van der Waals surface area (Å²) in [5, 5.41) is 0.263. The maximum absolute atomic E-state index is 6.41. The van der Waals surface area contributed by atoms with Crippen molar-refractivity contribution in [2.75, 3.05) is 11.9 Å². The van der Waals surface area contributed by atoms with Crippen LogP contribution in [0, 0.1) is 0 Å². The summed E-state index contributed by atoms with van der Waals surface area (Å²) in [4.78, 5) is 6.37. The molecule has 1 aromatic rings. The Kier molecular flexibility index (Phi) is 4.09. The van der Waals surface area contributed by atoms with Crippen molar-refractivity contribution in [2.45, 2.75) is 37.1 Å². The van der Waals surface area contributed by atoms with Crippen LogP contribution in [0.25, 0.3) is 0 Å². The summed E-state index contributed by atoms with van der Waals surface area (Å²) in [5.74, 6) is 0. The third-order valence-corrected chi connectivity index (χ3v) is 4.40. The monoisotopic (exact) mass is 302 g/mol. The molecule has 2 rings (SSSR count). The summed E-state index contributed by atoms with van der Waals surface area (Å²) < 4.78 is 1.03. The van der Waals surface area contributed by atoms with Crippen molar-refractivity contribution in [1.82, 2.24) is 4.98 Å². The van der Waals surface area contributed by atoms with Gasteiger partial charge in [-0.2, -0.15) is 0 Å². The van der Waals surface area contributed by atoms with Gasteiger partial charge in [-0.25, -0.2) is 0 Å². The van der Waals surface area contributed by atoms with E-state index in [2.05, 4.69) is 32.9 Å². The number of nitrogens with zero attached hydrogens (tertiary/aromatic N) is 2. The van der Waals surface area contributed by atoms with Crippen molar-refractivity contribution >= 4 is 33.2 Å². The smallest absolute Gasteiger partial charge is 0.0592 e. The largest absolute Gasteiger partial charge is 0.369 e. The van der Waals surface area contributed by atoms with Gasteiger partial charge in [-0.3, -0.25) is 4.98 Å². The van der Waals surface area contributed by atoms with E-state index in [0.29, 0.717) is 6.04 Å². The minimum absolute atomic E-state index is 0.263. The third kappa shape index (κ3) is 2.51. The topological polar surface area (TPSA) is 16.1 Å². The molecule has 0 spiro atoms. The molecule has 0 saturated heterocycles. The molecular weight excluding hydrogens is 288 g/mol. The van der Waals surface area contributed by atoms with Crippen LogP contribution in [-0.4, -0.2) is 23.5 Å². The Balaban J connectivity index is 2.17. The van der Waals surface area contributed by atoms with Gasteiger partial charge in [-0.05, 0) is 34.8 Å². The van der Waals surface area contributed by atoms with E-state index in [1.807, 2.05) is 18.5 Å². The van der Waals surface area contributed by atoms with Crippen molar-refractivity contribution < 1.29 is 0 Å². The van der Waals surface area contributed by atoms with Crippen LogP contribution in [0.2, 0.25) is 0 Å². The first-order valence-electron chi connectivity index (χ1n) is 5.66. The lowest BCUT2D eigenvalue weighted by Crippen LogP contribution is -2.41. The maximum Gasteiger partial charge on any atom is 0.0592 e. The van der Waals surface area contributed by atoms with Gasteiger partial charge in [-0.1, -0.05) is 12.8 Å². The number of hydrogen-bond donors (Lipinski definition) is 0. The zero-order valence-electron chi connectivity index (χ0n) is 9.37. The number of aromatic nitrogens is 1. The number of hydrogen-bond acceptors (Lipinski definition) is 2. The number of rotatable bonds is 2. The van der Waals surface area contributed by atoms with Crippen molar-refractivity contribution in [3.8, 4) is 0 Å². The van der Waals surface area contributed by atoms with E-state index < -0.39 is 0 Å². The van der Waals surface area contributed by atoms with Gasteiger partial charge < -0.3 is 4.90 Å². The van der Waals surface area contributed by atoms with E-state index >= 15 is 0 Å². The van der Waals surface area contributed by atoms with Crippen LogP contribution in [0.15, 0.2) is 22.9 Å². The SMILES string of the molecule is CN(c1ccncc1Br)C1CCCCC1Cl. The Morgan fingerprint density at radius 1 is 1.44 bits per heavy atom. The lowest BCUT2D eigenvalue weighted by atomic mass is 9.93. The molecule has 0 amide bonds. The normalized spacial score (nSPS) is 25.4. The number of halogens is 2. The Morgan fingerprint density at radius 2 is 2.19 bits per heavy atom. The van der Waals surface area contributed by atoms with Gasteiger partial charge in [0.05, 0.1) is 15.5 Å². The third-order valence-electron chi connectivity index (χ3n) is 3.28. The zero-order valence-corrected chi connectivity index (χ0v) is 11.7. The molecule has 4 heteroatoms. The zero-order chi connectivity index (χ0) is 11.5. The van der Waals surface area contributed by atoms with E-state index in [1.165, 1.54) is 24.9 Å². The highest BCUT2D eigenvalue weighted by atomic mass is 79.9. The molecule has 1 saturated carbocycles. The van der Waals surface area contributed by atoms with Crippen molar-refractivity contribution in [1.29, 1.82) is 0 Å². The molecule has 1 aromatic heterocycles. The van der Waals surface area contributed by atoms with Crippen molar-refractivity contribution in [3.05, 3.63) is 22.9 Å². The fraction of sp³-hybridized carbons (Fsp3) is 0.583. The van der Waals surface area contributed by atoms with Gasteiger partial charge in [0.25, 0.3) is 0 Å². The predicted molar refractivity (Wildman–Crippen MR) is 72.2 cm³/mol. The molecule has 1 aliphatic carbocycles. The molecule has 0 radical (unpaired) electrons. The molecule has 0 aromatic carbocycles. The van der Waals surface area contributed by atoms with Crippen LogP contribution >= 0.6 is 27.5 Å². The van der Waals surface area contributed by atoms with E-state index in [0.717, 1.165) is 10.9 Å². The molecule has 88 valence electrons. The quantitative estimate of drug-likeness (QED) is 0.772. The fourth-order valence-electron chi connectivity index (χ4n) is 2.33. The van der Waals surface area contributed by atoms with Gasteiger partial charge in [-0.15, -0.1) is 11.6 Å². The van der Waals surface area contributed by atoms with E-state index in [1.54, 1.807) is 0 Å². The molecule has 0 bridgehead atoms. The summed E-state index contributed by atoms with van der Waals surface area (Å²) in [7, 11) is 2.12. The molecule has 2 nitrogen and oxygen atoms in total. The van der Waals surface area contributed by atoms with Crippen molar-refractivity contribution in [2.24, 2.45) is 0 Å². The molecule has 0 aliphatic heterocycles. The van der Waals surface area contributed by atoms with Crippen LogP contribution in [0.3, 0.4) is 0 Å².